The summed E-state index contributed by atoms with van der Waals surface area (Å²) in [5.41, 5.74) is 0.989. The Balaban J connectivity index is 1.39. The molecule has 4 rings (SSSR count). The van der Waals surface area contributed by atoms with Crippen LogP contribution in [0.25, 0.3) is 0 Å². The molecule has 1 heterocycles. The Labute approximate surface area is 200 Å². The van der Waals surface area contributed by atoms with Crippen molar-refractivity contribution in [1.82, 2.24) is 10.2 Å². The minimum absolute atomic E-state index is 0.162. The molecule has 35 heavy (non-hydrogen) atoms. The van der Waals surface area contributed by atoms with Gasteiger partial charge in [-0.1, -0.05) is 42.5 Å². The quantitative estimate of drug-likeness (QED) is 0.479. The molecule has 1 atom stereocenters. The summed E-state index contributed by atoms with van der Waals surface area (Å²) in [5, 5.41) is 3.06. The first kappa shape index (κ1) is 24.4. The minimum atomic E-state index is -4.46. The lowest BCUT2D eigenvalue weighted by atomic mass is 9.93. The number of hydrogen-bond donors (Lipinski definition) is 1. The van der Waals surface area contributed by atoms with E-state index in [0.29, 0.717) is 25.9 Å². The number of nitrogens with zero attached hydrogens (tertiary/aromatic N) is 1. The van der Waals surface area contributed by atoms with Crippen molar-refractivity contribution >= 4 is 11.8 Å². The second kappa shape index (κ2) is 10.3. The van der Waals surface area contributed by atoms with Gasteiger partial charge in [-0.2, -0.15) is 13.2 Å². The zero-order chi connectivity index (χ0) is 25.0. The van der Waals surface area contributed by atoms with E-state index < -0.39 is 17.8 Å². The molecule has 0 saturated carbocycles. The largest absolute Gasteiger partial charge is 0.416 e. The number of hydrogen-bond acceptors (Lipinski definition) is 2. The molecule has 4 nitrogen and oxygen atoms in total. The number of rotatable bonds is 5. The molecule has 8 heteroatoms. The molecule has 1 unspecified atom stereocenters. The van der Waals surface area contributed by atoms with Gasteiger partial charge in [0.1, 0.15) is 5.82 Å². The first-order chi connectivity index (χ1) is 16.7. The number of benzene rings is 3. The lowest BCUT2D eigenvalue weighted by molar-refractivity contribution is -0.137. The van der Waals surface area contributed by atoms with E-state index in [1.807, 2.05) is 30.3 Å². The van der Waals surface area contributed by atoms with Crippen LogP contribution >= 0.6 is 0 Å². The Hall–Kier alpha value is -3.68. The monoisotopic (exact) mass is 484 g/mol. The number of likely N-dealkylation sites (tertiary alicyclic amines) is 1. The van der Waals surface area contributed by atoms with E-state index in [-0.39, 0.29) is 29.1 Å². The van der Waals surface area contributed by atoms with Crippen molar-refractivity contribution in [1.29, 1.82) is 0 Å². The molecule has 0 spiro atoms. The summed E-state index contributed by atoms with van der Waals surface area (Å²) in [7, 11) is 0. The predicted octanol–water partition coefficient (Wildman–Crippen LogP) is 5.60. The van der Waals surface area contributed by atoms with Crippen molar-refractivity contribution in [2.75, 3.05) is 13.1 Å². The summed E-state index contributed by atoms with van der Waals surface area (Å²) in [6.45, 7) is 0.648. The molecule has 0 bridgehead atoms. The summed E-state index contributed by atoms with van der Waals surface area (Å²) >= 11 is 0. The number of halogens is 4. The molecule has 2 amide bonds. The van der Waals surface area contributed by atoms with Crippen molar-refractivity contribution < 1.29 is 27.2 Å². The second-order valence-electron chi connectivity index (χ2n) is 8.55. The van der Waals surface area contributed by atoms with Gasteiger partial charge >= 0.3 is 6.18 Å². The van der Waals surface area contributed by atoms with Crippen molar-refractivity contribution in [2.45, 2.75) is 25.1 Å². The van der Waals surface area contributed by atoms with Gasteiger partial charge in [-0.25, -0.2) is 4.39 Å². The molecule has 1 aliphatic rings. The fourth-order valence-electron chi connectivity index (χ4n) is 4.25. The highest BCUT2D eigenvalue weighted by Gasteiger charge is 2.32. The van der Waals surface area contributed by atoms with Gasteiger partial charge in [-0.3, -0.25) is 9.59 Å². The van der Waals surface area contributed by atoms with E-state index in [1.54, 1.807) is 17.0 Å². The van der Waals surface area contributed by atoms with E-state index in [1.165, 1.54) is 24.3 Å². The molecule has 1 N–H and O–H groups in total. The SMILES string of the molecule is O=C(NC(c1ccccc1)c1ccc(F)cc1)C1CCN(C(=O)c2ccc(C(F)(F)F)cc2)CC1. The highest BCUT2D eigenvalue weighted by atomic mass is 19.4. The minimum Gasteiger partial charge on any atom is -0.345 e. The molecule has 0 aromatic heterocycles. The van der Waals surface area contributed by atoms with Crippen LogP contribution in [0.2, 0.25) is 0 Å². The average molecular weight is 484 g/mol. The third-order valence-corrected chi connectivity index (χ3v) is 6.23. The topological polar surface area (TPSA) is 49.4 Å². The van der Waals surface area contributed by atoms with Crippen LogP contribution < -0.4 is 5.32 Å². The molecule has 3 aromatic carbocycles. The molecule has 3 aromatic rings. The van der Waals surface area contributed by atoms with E-state index in [4.69, 9.17) is 0 Å². The first-order valence-electron chi connectivity index (χ1n) is 11.3. The second-order valence-corrected chi connectivity index (χ2v) is 8.55. The third-order valence-electron chi connectivity index (χ3n) is 6.23. The van der Waals surface area contributed by atoms with Gasteiger partial charge in [0.2, 0.25) is 5.91 Å². The van der Waals surface area contributed by atoms with Crippen molar-refractivity contribution in [2.24, 2.45) is 5.92 Å². The van der Waals surface area contributed by atoms with E-state index in [0.717, 1.165) is 23.3 Å². The molecule has 1 aliphatic heterocycles. The molecule has 182 valence electrons. The summed E-state index contributed by atoms with van der Waals surface area (Å²) < 4.78 is 51.7. The van der Waals surface area contributed by atoms with Gasteiger partial charge in [-0.15, -0.1) is 0 Å². The van der Waals surface area contributed by atoms with Crippen LogP contribution in [0.5, 0.6) is 0 Å². The summed E-state index contributed by atoms with van der Waals surface area (Å²) in [5.74, 6) is -1.20. The third kappa shape index (κ3) is 5.88. The van der Waals surface area contributed by atoms with Gasteiger partial charge in [0, 0.05) is 24.6 Å². The molecular weight excluding hydrogens is 460 g/mol. The summed E-state index contributed by atoms with van der Waals surface area (Å²) in [4.78, 5) is 27.4. The maximum atomic E-state index is 13.4. The Kier molecular flexibility index (Phi) is 7.19. The highest BCUT2D eigenvalue weighted by molar-refractivity contribution is 5.94. The van der Waals surface area contributed by atoms with Crippen molar-refractivity contribution in [3.63, 3.8) is 0 Å². The summed E-state index contributed by atoms with van der Waals surface area (Å²) in [6.07, 6.45) is -3.59. The highest BCUT2D eigenvalue weighted by Crippen LogP contribution is 2.30. The maximum Gasteiger partial charge on any atom is 0.416 e. The lowest BCUT2D eigenvalue weighted by Gasteiger charge is -2.32. The van der Waals surface area contributed by atoms with Gasteiger partial charge in [0.05, 0.1) is 11.6 Å². The zero-order valence-corrected chi connectivity index (χ0v) is 18.8. The Bertz CT molecular complexity index is 1150. The lowest BCUT2D eigenvalue weighted by Crippen LogP contribution is -2.43. The van der Waals surface area contributed by atoms with Crippen LogP contribution in [0, 0.1) is 11.7 Å². The van der Waals surface area contributed by atoms with Gasteiger partial charge in [-0.05, 0) is 60.4 Å². The number of piperidine rings is 1. The zero-order valence-electron chi connectivity index (χ0n) is 18.8. The van der Waals surface area contributed by atoms with Gasteiger partial charge in [0.25, 0.3) is 5.91 Å². The Morgan fingerprint density at radius 1 is 0.829 bits per heavy atom. The van der Waals surface area contributed by atoms with Gasteiger partial charge in [0.15, 0.2) is 0 Å². The van der Waals surface area contributed by atoms with Crippen LogP contribution in [0.4, 0.5) is 17.6 Å². The molecule has 0 radical (unpaired) electrons. The fourth-order valence-corrected chi connectivity index (χ4v) is 4.25. The molecule has 0 aliphatic carbocycles. The van der Waals surface area contributed by atoms with E-state index in [9.17, 15) is 27.2 Å². The smallest absolute Gasteiger partial charge is 0.345 e. The summed E-state index contributed by atoms with van der Waals surface area (Å²) in [6, 6.07) is 19.1. The number of carbonyl (C=O) groups is 2. The standard InChI is InChI=1S/C27H24F4N2O2/c28-23-12-8-19(9-13-23)24(18-4-2-1-3-5-18)32-25(34)20-14-16-33(17-15-20)26(35)21-6-10-22(11-7-21)27(29,30)31/h1-13,20,24H,14-17H2,(H,32,34). The number of alkyl halides is 3. The first-order valence-corrected chi connectivity index (χ1v) is 11.3. The van der Waals surface area contributed by atoms with E-state index in [2.05, 4.69) is 5.32 Å². The van der Waals surface area contributed by atoms with Crippen LogP contribution in [-0.2, 0) is 11.0 Å². The number of carbonyl (C=O) groups excluding carboxylic acids is 2. The Morgan fingerprint density at radius 3 is 1.97 bits per heavy atom. The van der Waals surface area contributed by atoms with Crippen molar-refractivity contribution in [3.8, 4) is 0 Å². The fraction of sp³-hybridized carbons (Fsp3) is 0.259. The average Bonchev–Trinajstić information content (AvgIpc) is 2.87. The normalized spacial score (nSPS) is 15.5. The number of nitrogens with one attached hydrogen (secondary N) is 1. The van der Waals surface area contributed by atoms with Gasteiger partial charge < -0.3 is 10.2 Å². The Morgan fingerprint density at radius 2 is 1.40 bits per heavy atom. The number of amides is 2. The molecular formula is C27H24F4N2O2. The van der Waals surface area contributed by atoms with Crippen molar-refractivity contribution in [3.05, 3.63) is 107 Å². The predicted molar refractivity (Wildman–Crippen MR) is 123 cm³/mol. The molecule has 1 fully saturated rings. The van der Waals surface area contributed by atoms with Crippen LogP contribution in [0.1, 0.15) is 45.9 Å². The van der Waals surface area contributed by atoms with Crippen LogP contribution in [0.15, 0.2) is 78.9 Å². The molecule has 1 saturated heterocycles. The van der Waals surface area contributed by atoms with E-state index >= 15 is 0 Å². The maximum absolute atomic E-state index is 13.4. The van der Waals surface area contributed by atoms with Crippen LogP contribution in [0.3, 0.4) is 0 Å². The van der Waals surface area contributed by atoms with Crippen LogP contribution in [-0.4, -0.2) is 29.8 Å².